The topological polar surface area (TPSA) is 45.2 Å². The van der Waals surface area contributed by atoms with Gasteiger partial charge in [-0.2, -0.15) is 0 Å². The third-order valence-electron chi connectivity index (χ3n) is 7.29. The third kappa shape index (κ3) is 3.47. The molecule has 142 valence electrons. The van der Waals surface area contributed by atoms with Gasteiger partial charge in [0.15, 0.2) is 0 Å². The highest BCUT2D eigenvalue weighted by molar-refractivity contribution is 5.94. The van der Waals surface area contributed by atoms with Gasteiger partial charge in [-0.1, -0.05) is 0 Å². The zero-order valence-corrected chi connectivity index (χ0v) is 16.0. The normalized spacial score (nSPS) is 27.6. The zero-order valence-electron chi connectivity index (χ0n) is 16.0. The number of hydrogen-bond acceptors (Lipinski definition) is 4. The zero-order chi connectivity index (χ0) is 18.3. The van der Waals surface area contributed by atoms with Crippen LogP contribution in [0.4, 0.5) is 5.69 Å². The molecule has 4 nitrogen and oxygen atoms in total. The van der Waals surface area contributed by atoms with Crippen LogP contribution in [-0.4, -0.2) is 41.3 Å². The summed E-state index contributed by atoms with van der Waals surface area (Å²) in [6, 6.07) is 9.07. The van der Waals surface area contributed by atoms with E-state index in [9.17, 15) is 4.79 Å². The predicted octanol–water partition coefficient (Wildman–Crippen LogP) is 4.65. The Hall–Kier alpha value is -1.94. The number of likely N-dealkylation sites (tertiary alicyclic amines) is 1. The van der Waals surface area contributed by atoms with Gasteiger partial charge in [0.1, 0.15) is 6.29 Å². The fourth-order valence-electron chi connectivity index (χ4n) is 5.21. The van der Waals surface area contributed by atoms with Gasteiger partial charge in [-0.3, -0.25) is 9.78 Å². The fraction of sp³-hybridized carbons (Fsp3) is 0.565. The molecule has 1 aromatic carbocycles. The molecular formula is C23H29N3O. The van der Waals surface area contributed by atoms with E-state index in [0.29, 0.717) is 11.6 Å². The monoisotopic (exact) mass is 363 g/mol. The molecule has 1 aromatic heterocycles. The molecule has 2 saturated carbocycles. The summed E-state index contributed by atoms with van der Waals surface area (Å²) in [5, 5.41) is 4.80. The second kappa shape index (κ2) is 6.90. The summed E-state index contributed by atoms with van der Waals surface area (Å²) in [6.07, 6.45) is 13.7. The number of nitrogens with zero attached hydrogens (tertiary/aromatic N) is 2. The number of benzene rings is 1. The molecular weight excluding hydrogens is 334 g/mol. The molecule has 1 saturated heterocycles. The second-order valence-electron chi connectivity index (χ2n) is 8.94. The van der Waals surface area contributed by atoms with E-state index in [1.807, 2.05) is 30.5 Å². The van der Waals surface area contributed by atoms with Crippen molar-refractivity contribution in [3.63, 3.8) is 0 Å². The van der Waals surface area contributed by atoms with Crippen molar-refractivity contribution in [3.05, 3.63) is 36.0 Å². The van der Waals surface area contributed by atoms with Crippen molar-refractivity contribution in [2.45, 2.75) is 63.5 Å². The first-order valence-corrected chi connectivity index (χ1v) is 10.6. The highest BCUT2D eigenvalue weighted by Crippen LogP contribution is 2.54. The van der Waals surface area contributed by atoms with Crippen LogP contribution in [0.2, 0.25) is 0 Å². The lowest BCUT2D eigenvalue weighted by Crippen LogP contribution is -2.45. The van der Waals surface area contributed by atoms with Crippen molar-refractivity contribution in [3.8, 4) is 0 Å². The quantitative estimate of drug-likeness (QED) is 0.804. The molecule has 4 heteroatoms. The van der Waals surface area contributed by atoms with E-state index >= 15 is 0 Å². The second-order valence-corrected chi connectivity index (χ2v) is 8.94. The number of carbonyl (C=O) groups excluding carboxylic acids is 1. The molecule has 2 aliphatic carbocycles. The van der Waals surface area contributed by atoms with Crippen LogP contribution in [0.3, 0.4) is 0 Å². The predicted molar refractivity (Wildman–Crippen MR) is 109 cm³/mol. The Balaban J connectivity index is 1.22. The van der Waals surface area contributed by atoms with Gasteiger partial charge in [0.05, 0.1) is 5.52 Å². The summed E-state index contributed by atoms with van der Waals surface area (Å²) in [5.74, 6) is 0. The molecule has 1 spiro atoms. The Bertz CT molecular complexity index is 827. The van der Waals surface area contributed by atoms with Crippen LogP contribution in [0.5, 0.6) is 0 Å². The molecule has 5 rings (SSSR count). The van der Waals surface area contributed by atoms with Gasteiger partial charge >= 0.3 is 0 Å². The molecule has 1 aliphatic heterocycles. The van der Waals surface area contributed by atoms with E-state index < -0.39 is 0 Å². The minimum absolute atomic E-state index is 0.520. The lowest BCUT2D eigenvalue weighted by atomic mass is 9.86. The van der Waals surface area contributed by atoms with Gasteiger partial charge in [0.2, 0.25) is 0 Å². The number of rotatable bonds is 4. The van der Waals surface area contributed by atoms with Crippen molar-refractivity contribution in [1.82, 2.24) is 9.88 Å². The smallest absolute Gasteiger partial charge is 0.150 e. The maximum Gasteiger partial charge on any atom is 0.150 e. The molecule has 3 aliphatic rings. The Morgan fingerprint density at radius 2 is 1.81 bits per heavy atom. The molecule has 1 N–H and O–H groups in total. The van der Waals surface area contributed by atoms with Gasteiger partial charge in [0.25, 0.3) is 0 Å². The molecule has 0 unspecified atom stereocenters. The average molecular weight is 364 g/mol. The van der Waals surface area contributed by atoms with E-state index in [0.717, 1.165) is 34.3 Å². The van der Waals surface area contributed by atoms with Crippen molar-refractivity contribution in [1.29, 1.82) is 0 Å². The first-order valence-electron chi connectivity index (χ1n) is 10.6. The molecule has 0 amide bonds. The Labute approximate surface area is 161 Å². The number of pyridine rings is 1. The molecule has 2 aromatic rings. The molecule has 3 fully saturated rings. The number of hydrogen-bond donors (Lipinski definition) is 1. The van der Waals surface area contributed by atoms with Gasteiger partial charge < -0.3 is 10.2 Å². The summed E-state index contributed by atoms with van der Waals surface area (Å²) < 4.78 is 0. The maximum absolute atomic E-state index is 11.1. The van der Waals surface area contributed by atoms with Crippen LogP contribution in [-0.2, 0) is 0 Å². The average Bonchev–Trinajstić information content (AvgIpc) is 3.48. The van der Waals surface area contributed by atoms with Gasteiger partial charge in [-0.25, -0.2) is 0 Å². The molecule has 0 bridgehead atoms. The van der Waals surface area contributed by atoms with E-state index in [-0.39, 0.29) is 0 Å². The minimum Gasteiger partial charge on any atom is -0.382 e. The van der Waals surface area contributed by atoms with Crippen LogP contribution in [0.15, 0.2) is 30.5 Å². The first-order chi connectivity index (χ1) is 13.2. The molecule has 27 heavy (non-hydrogen) atoms. The lowest BCUT2D eigenvalue weighted by molar-refractivity contribution is 0.0975. The van der Waals surface area contributed by atoms with Gasteiger partial charge in [-0.05, 0) is 94.1 Å². The van der Waals surface area contributed by atoms with Gasteiger partial charge in [-0.15, -0.1) is 0 Å². The van der Waals surface area contributed by atoms with Crippen LogP contribution in [0.1, 0.15) is 61.7 Å². The number of piperidine rings is 1. The lowest BCUT2D eigenvalue weighted by Gasteiger charge is -2.41. The van der Waals surface area contributed by atoms with Crippen molar-refractivity contribution < 1.29 is 4.79 Å². The van der Waals surface area contributed by atoms with Crippen LogP contribution in [0, 0.1) is 5.41 Å². The highest BCUT2D eigenvalue weighted by atomic mass is 16.1. The number of nitrogens with one attached hydrogen (secondary N) is 1. The Kier molecular flexibility index (Phi) is 4.39. The van der Waals surface area contributed by atoms with Crippen molar-refractivity contribution >= 4 is 22.9 Å². The van der Waals surface area contributed by atoms with Crippen molar-refractivity contribution in [2.24, 2.45) is 5.41 Å². The highest BCUT2D eigenvalue weighted by Gasteiger charge is 2.45. The fourth-order valence-corrected chi connectivity index (χ4v) is 5.21. The number of fused-ring (bicyclic) bond motifs is 1. The molecule has 0 atom stereocenters. The number of aldehydes is 1. The summed E-state index contributed by atoms with van der Waals surface area (Å²) in [5.41, 5.74) is 3.54. The largest absolute Gasteiger partial charge is 0.382 e. The SMILES string of the molecule is O=Cc1ccc2nccc(N[C@H]3CC[C@H](N4CCC5(CC4)CC5)CC3)c2c1. The standard InChI is InChI=1S/C23H29N3O/c27-16-17-1-6-21-20(15-17)22(7-12-24-21)25-18-2-4-19(5-3-18)26-13-10-23(8-9-23)11-14-26/h1,6-7,12,15-16,18-19H,2-5,8-11,13-14H2,(H,24,25)/t18-,19-. The first kappa shape index (κ1) is 17.2. The molecule has 0 radical (unpaired) electrons. The Morgan fingerprint density at radius 1 is 1.04 bits per heavy atom. The summed E-state index contributed by atoms with van der Waals surface area (Å²) in [7, 11) is 0. The van der Waals surface area contributed by atoms with Crippen LogP contribution < -0.4 is 5.32 Å². The summed E-state index contributed by atoms with van der Waals surface area (Å²) in [6.45, 7) is 2.65. The van der Waals surface area contributed by atoms with E-state index in [4.69, 9.17) is 0 Å². The maximum atomic E-state index is 11.1. The number of aromatic nitrogens is 1. The summed E-state index contributed by atoms with van der Waals surface area (Å²) >= 11 is 0. The van der Waals surface area contributed by atoms with Crippen LogP contribution >= 0.6 is 0 Å². The van der Waals surface area contributed by atoms with Gasteiger partial charge in [0, 0.05) is 34.9 Å². The third-order valence-corrected chi connectivity index (χ3v) is 7.29. The number of carbonyl (C=O) groups is 1. The van der Waals surface area contributed by atoms with Crippen molar-refractivity contribution in [2.75, 3.05) is 18.4 Å². The summed E-state index contributed by atoms with van der Waals surface area (Å²) in [4.78, 5) is 18.4. The Morgan fingerprint density at radius 3 is 2.52 bits per heavy atom. The van der Waals surface area contributed by atoms with E-state index in [2.05, 4.69) is 15.2 Å². The molecule has 2 heterocycles. The number of anilines is 1. The van der Waals surface area contributed by atoms with E-state index in [1.165, 1.54) is 64.5 Å². The van der Waals surface area contributed by atoms with Crippen LogP contribution in [0.25, 0.3) is 10.9 Å². The van der Waals surface area contributed by atoms with E-state index in [1.54, 1.807) is 0 Å². The minimum atomic E-state index is 0.520.